The maximum absolute atomic E-state index is 7.12. The second-order valence-electron chi connectivity index (χ2n) is 2.78. The van der Waals surface area contributed by atoms with Crippen molar-refractivity contribution in [1.29, 1.82) is 5.41 Å². The molecule has 11 heavy (non-hydrogen) atoms. The third kappa shape index (κ3) is 2.19. The first-order valence-corrected chi connectivity index (χ1v) is 4.26. The SMILES string of the molecule is CCN(C=N)C1CCCCO1. The van der Waals surface area contributed by atoms with E-state index in [-0.39, 0.29) is 6.23 Å². The molecule has 64 valence electrons. The van der Waals surface area contributed by atoms with E-state index in [0.29, 0.717) is 0 Å². The molecule has 0 aromatic carbocycles. The molecule has 0 spiro atoms. The average molecular weight is 156 g/mol. The fraction of sp³-hybridized carbons (Fsp3) is 0.875. The van der Waals surface area contributed by atoms with Gasteiger partial charge in [0.15, 0.2) is 0 Å². The lowest BCUT2D eigenvalue weighted by Gasteiger charge is -2.31. The van der Waals surface area contributed by atoms with E-state index >= 15 is 0 Å². The van der Waals surface area contributed by atoms with E-state index in [9.17, 15) is 0 Å². The van der Waals surface area contributed by atoms with Gasteiger partial charge in [-0.1, -0.05) is 0 Å². The van der Waals surface area contributed by atoms with E-state index in [0.717, 1.165) is 19.6 Å². The molecular weight excluding hydrogens is 140 g/mol. The van der Waals surface area contributed by atoms with Crippen molar-refractivity contribution in [2.24, 2.45) is 0 Å². The maximum atomic E-state index is 7.12. The zero-order valence-electron chi connectivity index (χ0n) is 7.05. The summed E-state index contributed by atoms with van der Waals surface area (Å²) in [5.74, 6) is 0. The van der Waals surface area contributed by atoms with E-state index < -0.39 is 0 Å². The van der Waals surface area contributed by atoms with Gasteiger partial charge in [-0.2, -0.15) is 0 Å². The molecule has 3 heteroatoms. The average Bonchev–Trinajstić information content (AvgIpc) is 2.09. The first-order valence-electron chi connectivity index (χ1n) is 4.26. The lowest BCUT2D eigenvalue weighted by Crippen LogP contribution is -2.38. The third-order valence-electron chi connectivity index (χ3n) is 2.06. The molecule has 1 N–H and O–H groups in total. The van der Waals surface area contributed by atoms with Crippen molar-refractivity contribution in [3.63, 3.8) is 0 Å². The van der Waals surface area contributed by atoms with Gasteiger partial charge >= 0.3 is 0 Å². The van der Waals surface area contributed by atoms with Crippen molar-refractivity contribution in [2.75, 3.05) is 13.2 Å². The molecule has 0 saturated carbocycles. The highest BCUT2D eigenvalue weighted by molar-refractivity contribution is 5.50. The molecule has 0 amide bonds. The summed E-state index contributed by atoms with van der Waals surface area (Å²) in [6.45, 7) is 3.77. The Morgan fingerprint density at radius 1 is 1.64 bits per heavy atom. The molecule has 3 nitrogen and oxygen atoms in total. The fourth-order valence-corrected chi connectivity index (χ4v) is 1.36. The van der Waals surface area contributed by atoms with Gasteiger partial charge in [-0.25, -0.2) is 0 Å². The smallest absolute Gasteiger partial charge is 0.130 e. The summed E-state index contributed by atoms with van der Waals surface area (Å²) in [6, 6.07) is 0. The minimum atomic E-state index is 0.172. The van der Waals surface area contributed by atoms with Crippen LogP contribution in [0.3, 0.4) is 0 Å². The van der Waals surface area contributed by atoms with Crippen LogP contribution in [0, 0.1) is 5.41 Å². The summed E-state index contributed by atoms with van der Waals surface area (Å²) >= 11 is 0. The van der Waals surface area contributed by atoms with Crippen LogP contribution in [-0.4, -0.2) is 30.6 Å². The number of rotatable bonds is 3. The quantitative estimate of drug-likeness (QED) is 0.496. The summed E-state index contributed by atoms with van der Waals surface area (Å²) in [7, 11) is 0. The van der Waals surface area contributed by atoms with E-state index in [1.807, 2.05) is 11.8 Å². The molecule has 1 aliphatic heterocycles. The molecular formula is C8H16N2O. The van der Waals surface area contributed by atoms with Crippen molar-refractivity contribution < 1.29 is 4.74 Å². The monoisotopic (exact) mass is 156 g/mol. The highest BCUT2D eigenvalue weighted by Crippen LogP contribution is 2.14. The predicted octanol–water partition coefficient (Wildman–Crippen LogP) is 1.44. The van der Waals surface area contributed by atoms with E-state index in [1.54, 1.807) is 0 Å². The van der Waals surface area contributed by atoms with Gasteiger partial charge in [-0.3, -0.25) is 5.41 Å². The van der Waals surface area contributed by atoms with Crippen molar-refractivity contribution in [3.8, 4) is 0 Å². The highest BCUT2D eigenvalue weighted by atomic mass is 16.5. The van der Waals surface area contributed by atoms with Crippen LogP contribution < -0.4 is 0 Å². The third-order valence-corrected chi connectivity index (χ3v) is 2.06. The van der Waals surface area contributed by atoms with Gasteiger partial charge in [-0.05, 0) is 26.2 Å². The Labute approximate surface area is 67.8 Å². The Hall–Kier alpha value is -0.570. The number of nitrogens with zero attached hydrogens (tertiary/aromatic N) is 1. The van der Waals surface area contributed by atoms with Gasteiger partial charge in [0.1, 0.15) is 6.23 Å². The van der Waals surface area contributed by atoms with E-state index in [4.69, 9.17) is 10.1 Å². The number of nitrogens with one attached hydrogen (secondary N) is 1. The van der Waals surface area contributed by atoms with Crippen LogP contribution >= 0.6 is 0 Å². The molecule has 1 atom stereocenters. The Balaban J connectivity index is 2.35. The lowest BCUT2D eigenvalue weighted by atomic mass is 10.2. The summed E-state index contributed by atoms with van der Waals surface area (Å²) in [5.41, 5.74) is 0. The fourth-order valence-electron chi connectivity index (χ4n) is 1.36. The topological polar surface area (TPSA) is 36.3 Å². The van der Waals surface area contributed by atoms with Gasteiger partial charge in [0, 0.05) is 13.2 Å². The summed E-state index contributed by atoms with van der Waals surface area (Å²) in [6.07, 6.45) is 5.02. The molecule has 0 radical (unpaired) electrons. The summed E-state index contributed by atoms with van der Waals surface area (Å²) in [5, 5.41) is 7.12. The molecule has 1 fully saturated rings. The van der Waals surface area contributed by atoms with Gasteiger partial charge < -0.3 is 9.64 Å². The molecule has 0 bridgehead atoms. The highest BCUT2D eigenvalue weighted by Gasteiger charge is 2.17. The first kappa shape index (κ1) is 8.53. The van der Waals surface area contributed by atoms with Crippen LogP contribution in [0.2, 0.25) is 0 Å². The standard InChI is InChI=1S/C8H16N2O/c1-2-10(7-9)8-5-3-4-6-11-8/h7-9H,2-6H2,1H3. The first-order chi connectivity index (χ1) is 5.38. The van der Waals surface area contributed by atoms with E-state index in [1.165, 1.54) is 19.2 Å². The van der Waals surface area contributed by atoms with Crippen LogP contribution in [0.4, 0.5) is 0 Å². The van der Waals surface area contributed by atoms with Crippen LogP contribution in [0.1, 0.15) is 26.2 Å². The number of hydrogen-bond donors (Lipinski definition) is 1. The minimum Gasteiger partial charge on any atom is -0.358 e. The zero-order chi connectivity index (χ0) is 8.10. The number of ether oxygens (including phenoxy) is 1. The Morgan fingerprint density at radius 2 is 2.45 bits per heavy atom. The summed E-state index contributed by atoms with van der Waals surface area (Å²) in [4.78, 5) is 1.93. The largest absolute Gasteiger partial charge is 0.358 e. The second kappa shape index (κ2) is 4.34. The Morgan fingerprint density at radius 3 is 2.91 bits per heavy atom. The van der Waals surface area contributed by atoms with Crippen LogP contribution in [0.5, 0.6) is 0 Å². The minimum absolute atomic E-state index is 0.172. The van der Waals surface area contributed by atoms with Crippen molar-refractivity contribution in [2.45, 2.75) is 32.4 Å². The zero-order valence-corrected chi connectivity index (χ0v) is 7.05. The second-order valence-corrected chi connectivity index (χ2v) is 2.78. The Kier molecular flexibility index (Phi) is 3.36. The van der Waals surface area contributed by atoms with Crippen LogP contribution in [0.15, 0.2) is 0 Å². The lowest BCUT2D eigenvalue weighted by molar-refractivity contribution is -0.0525. The van der Waals surface area contributed by atoms with Crippen LogP contribution in [-0.2, 0) is 4.74 Å². The van der Waals surface area contributed by atoms with E-state index in [2.05, 4.69) is 0 Å². The van der Waals surface area contributed by atoms with Gasteiger partial charge in [0.25, 0.3) is 0 Å². The van der Waals surface area contributed by atoms with Crippen molar-refractivity contribution >= 4 is 6.34 Å². The number of hydrogen-bond acceptors (Lipinski definition) is 2. The summed E-state index contributed by atoms with van der Waals surface area (Å²) < 4.78 is 5.50. The predicted molar refractivity (Wildman–Crippen MR) is 44.8 cm³/mol. The normalized spacial score (nSPS) is 24.6. The van der Waals surface area contributed by atoms with Crippen LogP contribution in [0.25, 0.3) is 0 Å². The molecule has 0 aliphatic carbocycles. The molecule has 1 heterocycles. The van der Waals surface area contributed by atoms with Gasteiger partial charge in [-0.15, -0.1) is 0 Å². The molecule has 1 unspecified atom stereocenters. The Bertz CT molecular complexity index is 121. The molecule has 0 aromatic heterocycles. The van der Waals surface area contributed by atoms with Crippen molar-refractivity contribution in [1.82, 2.24) is 4.90 Å². The molecule has 1 rings (SSSR count). The maximum Gasteiger partial charge on any atom is 0.130 e. The molecule has 1 aliphatic rings. The van der Waals surface area contributed by atoms with Crippen molar-refractivity contribution in [3.05, 3.63) is 0 Å². The van der Waals surface area contributed by atoms with Gasteiger partial charge in [0.05, 0.1) is 6.34 Å². The molecule has 0 aromatic rings. The molecule has 1 saturated heterocycles. The van der Waals surface area contributed by atoms with Gasteiger partial charge in [0.2, 0.25) is 0 Å².